The highest BCUT2D eigenvalue weighted by Gasteiger charge is 2.20. The van der Waals surface area contributed by atoms with Crippen LogP contribution < -0.4 is 15.5 Å². The van der Waals surface area contributed by atoms with Gasteiger partial charge in [-0.1, -0.05) is 0 Å². The molecule has 2 aliphatic heterocycles. The summed E-state index contributed by atoms with van der Waals surface area (Å²) in [6.07, 6.45) is 5.89. The lowest BCUT2D eigenvalue weighted by Gasteiger charge is -2.33. The monoisotopic (exact) mass is 380 g/mol. The average Bonchev–Trinajstić information content (AvgIpc) is 3.38. The minimum Gasteiger partial charge on any atom is -0.379 e. The summed E-state index contributed by atoms with van der Waals surface area (Å²) in [5.41, 5.74) is 0. The fourth-order valence-corrected chi connectivity index (χ4v) is 4.24. The molecule has 1 aromatic rings. The quantitative estimate of drug-likeness (QED) is 0.412. The van der Waals surface area contributed by atoms with Gasteiger partial charge in [0.25, 0.3) is 0 Å². The van der Waals surface area contributed by atoms with Crippen molar-refractivity contribution in [3.8, 4) is 0 Å². The molecular formula is C19H32N4O2S. The third-order valence-corrected chi connectivity index (χ3v) is 5.89. The predicted molar refractivity (Wildman–Crippen MR) is 108 cm³/mol. The molecule has 0 bridgehead atoms. The minimum atomic E-state index is 0.317. The molecule has 1 atom stereocenters. The van der Waals surface area contributed by atoms with Crippen LogP contribution >= 0.6 is 11.3 Å². The standard InChI is InChI=1S/C19H32N4O2S/c1-20-19(21-9-4-12-24-15-17-5-2-13-25-17)22-16-7-10-23(11-8-16)18-6-3-14-26-18/h3,6,14,16-17H,2,4-5,7-13,15H2,1H3,(H2,20,21,22). The van der Waals surface area contributed by atoms with E-state index in [1.165, 1.54) is 11.4 Å². The number of hydrogen-bond acceptors (Lipinski definition) is 5. The van der Waals surface area contributed by atoms with E-state index >= 15 is 0 Å². The first-order valence-electron chi connectivity index (χ1n) is 9.80. The van der Waals surface area contributed by atoms with E-state index in [4.69, 9.17) is 9.47 Å². The van der Waals surface area contributed by atoms with Crippen LogP contribution in [0.25, 0.3) is 0 Å². The van der Waals surface area contributed by atoms with Crippen LogP contribution in [0.2, 0.25) is 0 Å². The molecule has 146 valence electrons. The summed E-state index contributed by atoms with van der Waals surface area (Å²) >= 11 is 1.82. The maximum absolute atomic E-state index is 5.70. The Kier molecular flexibility index (Phi) is 8.04. The van der Waals surface area contributed by atoms with Gasteiger partial charge in [0, 0.05) is 45.9 Å². The summed E-state index contributed by atoms with van der Waals surface area (Å²) in [5.74, 6) is 0.902. The van der Waals surface area contributed by atoms with E-state index in [-0.39, 0.29) is 0 Å². The second-order valence-electron chi connectivity index (χ2n) is 6.92. The molecule has 3 heterocycles. The van der Waals surface area contributed by atoms with E-state index in [2.05, 4.69) is 38.0 Å². The molecule has 3 rings (SSSR count). The van der Waals surface area contributed by atoms with Crippen molar-refractivity contribution in [2.75, 3.05) is 51.4 Å². The van der Waals surface area contributed by atoms with Gasteiger partial charge in [-0.05, 0) is 49.6 Å². The Labute approximate surface area is 161 Å². The van der Waals surface area contributed by atoms with Crippen molar-refractivity contribution < 1.29 is 9.47 Å². The third kappa shape index (κ3) is 6.14. The number of thiophene rings is 1. The summed E-state index contributed by atoms with van der Waals surface area (Å²) in [6, 6.07) is 4.83. The van der Waals surface area contributed by atoms with Crippen LogP contribution in [-0.2, 0) is 9.47 Å². The molecule has 2 N–H and O–H groups in total. The molecule has 1 aromatic heterocycles. The van der Waals surface area contributed by atoms with E-state index in [0.717, 1.165) is 71.1 Å². The lowest BCUT2D eigenvalue weighted by atomic mass is 10.1. The normalized spacial score (nSPS) is 22.0. The number of nitrogens with zero attached hydrogens (tertiary/aromatic N) is 2. The minimum absolute atomic E-state index is 0.317. The van der Waals surface area contributed by atoms with Crippen LogP contribution in [0.3, 0.4) is 0 Å². The first-order valence-corrected chi connectivity index (χ1v) is 10.7. The van der Waals surface area contributed by atoms with Crippen molar-refractivity contribution in [3.63, 3.8) is 0 Å². The average molecular weight is 381 g/mol. The van der Waals surface area contributed by atoms with Crippen molar-refractivity contribution in [3.05, 3.63) is 17.5 Å². The van der Waals surface area contributed by atoms with Gasteiger partial charge in [0.1, 0.15) is 0 Å². The third-order valence-electron chi connectivity index (χ3n) is 4.96. The van der Waals surface area contributed by atoms with Crippen LogP contribution in [0.4, 0.5) is 5.00 Å². The molecule has 0 radical (unpaired) electrons. The molecular weight excluding hydrogens is 348 g/mol. The second kappa shape index (κ2) is 10.7. The van der Waals surface area contributed by atoms with Crippen LogP contribution in [0, 0.1) is 0 Å². The largest absolute Gasteiger partial charge is 0.379 e. The Hall–Kier alpha value is -1.31. The molecule has 0 spiro atoms. The summed E-state index contributed by atoms with van der Waals surface area (Å²) < 4.78 is 11.3. The fourth-order valence-electron chi connectivity index (χ4n) is 3.45. The number of rotatable bonds is 8. The highest BCUT2D eigenvalue weighted by atomic mass is 32.1. The summed E-state index contributed by atoms with van der Waals surface area (Å²) in [7, 11) is 1.84. The van der Waals surface area contributed by atoms with Gasteiger partial charge in [0.2, 0.25) is 0 Å². The van der Waals surface area contributed by atoms with Gasteiger partial charge >= 0.3 is 0 Å². The van der Waals surface area contributed by atoms with E-state index in [9.17, 15) is 0 Å². The molecule has 1 unspecified atom stereocenters. The van der Waals surface area contributed by atoms with Crippen LogP contribution in [-0.4, -0.2) is 64.6 Å². The lowest BCUT2D eigenvalue weighted by Crippen LogP contribution is -2.48. The Morgan fingerprint density at radius 1 is 1.38 bits per heavy atom. The first-order chi connectivity index (χ1) is 12.8. The Bertz CT molecular complexity index is 524. The summed E-state index contributed by atoms with van der Waals surface area (Å²) in [5, 5.41) is 10.5. The predicted octanol–water partition coefficient (Wildman–Crippen LogP) is 2.47. The number of piperidine rings is 1. The van der Waals surface area contributed by atoms with Crippen molar-refractivity contribution in [2.45, 2.75) is 44.2 Å². The van der Waals surface area contributed by atoms with Gasteiger partial charge < -0.3 is 25.0 Å². The van der Waals surface area contributed by atoms with E-state index in [1.54, 1.807) is 0 Å². The number of ether oxygens (including phenoxy) is 2. The number of aliphatic imine (C=N–C) groups is 1. The van der Waals surface area contributed by atoms with Crippen LogP contribution in [0.5, 0.6) is 0 Å². The number of anilines is 1. The van der Waals surface area contributed by atoms with Gasteiger partial charge in [-0.2, -0.15) is 0 Å². The Morgan fingerprint density at radius 2 is 2.27 bits per heavy atom. The first kappa shape index (κ1) is 19.5. The number of guanidine groups is 1. The maximum Gasteiger partial charge on any atom is 0.191 e. The van der Waals surface area contributed by atoms with Gasteiger partial charge in [-0.25, -0.2) is 0 Å². The van der Waals surface area contributed by atoms with Crippen molar-refractivity contribution in [2.24, 2.45) is 4.99 Å². The highest BCUT2D eigenvalue weighted by Crippen LogP contribution is 2.24. The van der Waals surface area contributed by atoms with Crippen LogP contribution in [0.15, 0.2) is 22.5 Å². The maximum atomic E-state index is 5.70. The number of hydrogen-bond donors (Lipinski definition) is 2. The molecule has 0 aliphatic carbocycles. The van der Waals surface area contributed by atoms with Gasteiger partial charge in [0.15, 0.2) is 5.96 Å². The summed E-state index contributed by atoms with van der Waals surface area (Å²) in [6.45, 7) is 5.47. The van der Waals surface area contributed by atoms with Gasteiger partial charge in [-0.15, -0.1) is 11.3 Å². The fraction of sp³-hybridized carbons (Fsp3) is 0.737. The molecule has 26 heavy (non-hydrogen) atoms. The molecule has 0 saturated carbocycles. The van der Waals surface area contributed by atoms with Crippen molar-refractivity contribution in [1.29, 1.82) is 0 Å². The zero-order valence-corrected chi connectivity index (χ0v) is 16.6. The molecule has 0 amide bonds. The molecule has 2 saturated heterocycles. The van der Waals surface area contributed by atoms with E-state index < -0.39 is 0 Å². The smallest absolute Gasteiger partial charge is 0.191 e. The second-order valence-corrected chi connectivity index (χ2v) is 7.85. The molecule has 7 heteroatoms. The van der Waals surface area contributed by atoms with Gasteiger partial charge in [0.05, 0.1) is 17.7 Å². The highest BCUT2D eigenvalue weighted by molar-refractivity contribution is 7.14. The Balaban J connectivity index is 1.25. The van der Waals surface area contributed by atoms with Crippen molar-refractivity contribution >= 4 is 22.3 Å². The van der Waals surface area contributed by atoms with E-state index in [1.807, 2.05) is 18.4 Å². The SMILES string of the molecule is CN=C(NCCCOCC1CCCO1)NC1CCN(c2cccs2)CC1. The van der Waals surface area contributed by atoms with Crippen LogP contribution in [0.1, 0.15) is 32.1 Å². The zero-order valence-electron chi connectivity index (χ0n) is 15.8. The molecule has 0 aromatic carbocycles. The van der Waals surface area contributed by atoms with E-state index in [0.29, 0.717) is 12.1 Å². The lowest BCUT2D eigenvalue weighted by molar-refractivity contribution is 0.0168. The topological polar surface area (TPSA) is 58.1 Å². The van der Waals surface area contributed by atoms with Gasteiger partial charge in [-0.3, -0.25) is 4.99 Å². The van der Waals surface area contributed by atoms with Crippen molar-refractivity contribution in [1.82, 2.24) is 10.6 Å². The summed E-state index contributed by atoms with van der Waals surface area (Å²) in [4.78, 5) is 6.83. The molecule has 2 fully saturated rings. The zero-order chi connectivity index (χ0) is 18.0. The molecule has 2 aliphatic rings. The number of nitrogens with one attached hydrogen (secondary N) is 2. The Morgan fingerprint density at radius 3 is 2.96 bits per heavy atom. The molecule has 6 nitrogen and oxygen atoms in total.